The van der Waals surface area contributed by atoms with Crippen LogP contribution in [0.1, 0.15) is 25.2 Å². The van der Waals surface area contributed by atoms with Gasteiger partial charge in [-0.25, -0.2) is 4.98 Å². The van der Waals surface area contributed by atoms with E-state index in [2.05, 4.69) is 26.4 Å². The number of hydrogen-bond acceptors (Lipinski definition) is 5. The lowest BCUT2D eigenvalue weighted by Gasteiger charge is -2.16. The molecule has 19 heavy (non-hydrogen) atoms. The van der Waals surface area contributed by atoms with Crippen LogP contribution in [-0.2, 0) is 6.54 Å². The molecule has 1 aromatic heterocycles. The molecule has 0 amide bonds. The predicted octanol–water partition coefficient (Wildman–Crippen LogP) is 3.27. The third-order valence-electron chi connectivity index (χ3n) is 2.53. The molecule has 0 fully saturated rings. The number of ether oxygens (including phenoxy) is 1. The number of benzene rings is 1. The first-order valence-electron chi connectivity index (χ1n) is 6.31. The Morgan fingerprint density at radius 2 is 2.16 bits per heavy atom. The Morgan fingerprint density at radius 3 is 2.79 bits per heavy atom. The summed E-state index contributed by atoms with van der Waals surface area (Å²) in [5.74, 6) is 1.73. The molecule has 0 bridgehead atoms. The fraction of sp³-hybridized carbons (Fsp3) is 0.429. The van der Waals surface area contributed by atoms with E-state index in [-0.39, 0.29) is 6.10 Å². The van der Waals surface area contributed by atoms with Gasteiger partial charge in [-0.3, -0.25) is 0 Å². The summed E-state index contributed by atoms with van der Waals surface area (Å²) < 4.78 is 9.90. The second kappa shape index (κ2) is 6.02. The normalized spacial score (nSPS) is 10.8. The van der Waals surface area contributed by atoms with Gasteiger partial charge in [-0.1, -0.05) is 12.1 Å². The zero-order valence-corrected chi connectivity index (χ0v) is 12.6. The van der Waals surface area contributed by atoms with E-state index in [4.69, 9.17) is 4.74 Å². The van der Waals surface area contributed by atoms with E-state index in [9.17, 15) is 0 Å². The minimum atomic E-state index is 0.193. The Balaban J connectivity index is 2.06. The van der Waals surface area contributed by atoms with E-state index in [1.807, 2.05) is 40.0 Å². The average molecular weight is 277 g/mol. The Bertz CT molecular complexity index is 539. The van der Waals surface area contributed by atoms with Gasteiger partial charge in [0.15, 0.2) is 0 Å². The van der Waals surface area contributed by atoms with Gasteiger partial charge < -0.3 is 9.64 Å². The van der Waals surface area contributed by atoms with Crippen LogP contribution in [0.5, 0.6) is 5.75 Å². The van der Waals surface area contributed by atoms with E-state index in [0.29, 0.717) is 0 Å². The van der Waals surface area contributed by atoms with Gasteiger partial charge in [0.05, 0.1) is 6.10 Å². The van der Waals surface area contributed by atoms with Gasteiger partial charge in [-0.05, 0) is 38.5 Å². The van der Waals surface area contributed by atoms with Crippen LogP contribution in [0, 0.1) is 6.92 Å². The first kappa shape index (κ1) is 13.8. The Kier molecular flexibility index (Phi) is 4.37. The Morgan fingerprint density at radius 1 is 1.37 bits per heavy atom. The molecule has 1 heterocycles. The summed E-state index contributed by atoms with van der Waals surface area (Å²) in [6.45, 7) is 6.76. The van der Waals surface area contributed by atoms with Crippen LogP contribution >= 0.6 is 11.5 Å². The van der Waals surface area contributed by atoms with Gasteiger partial charge in [0.1, 0.15) is 11.6 Å². The van der Waals surface area contributed by atoms with Gasteiger partial charge >= 0.3 is 0 Å². The number of anilines is 1. The van der Waals surface area contributed by atoms with Crippen LogP contribution in [0.3, 0.4) is 0 Å². The fourth-order valence-electron chi connectivity index (χ4n) is 1.77. The van der Waals surface area contributed by atoms with Crippen molar-refractivity contribution in [3.8, 4) is 5.75 Å². The topological polar surface area (TPSA) is 38.2 Å². The summed E-state index contributed by atoms with van der Waals surface area (Å²) in [6, 6.07) is 8.17. The maximum atomic E-state index is 5.70. The lowest BCUT2D eigenvalue weighted by molar-refractivity contribution is 0.242. The highest BCUT2D eigenvalue weighted by atomic mass is 32.1. The molecule has 0 saturated heterocycles. The number of aromatic nitrogens is 2. The van der Waals surface area contributed by atoms with Crippen molar-refractivity contribution in [2.75, 3.05) is 11.9 Å². The molecular formula is C14H19N3OS. The third kappa shape index (κ3) is 3.92. The molecular weight excluding hydrogens is 258 g/mol. The summed E-state index contributed by atoms with van der Waals surface area (Å²) in [4.78, 5) is 6.48. The zero-order chi connectivity index (χ0) is 13.8. The highest BCUT2D eigenvalue weighted by molar-refractivity contribution is 7.09. The van der Waals surface area contributed by atoms with Crippen LogP contribution in [0.2, 0.25) is 0 Å². The molecule has 0 unspecified atom stereocenters. The average Bonchev–Trinajstić information content (AvgIpc) is 2.75. The number of rotatable bonds is 5. The van der Waals surface area contributed by atoms with Crippen molar-refractivity contribution >= 4 is 16.7 Å². The molecule has 0 atom stereocenters. The van der Waals surface area contributed by atoms with E-state index in [1.165, 1.54) is 17.1 Å². The SMILES string of the molecule is Cc1nsc(N(C)Cc2cccc(OC(C)C)c2)n1. The molecule has 102 valence electrons. The quantitative estimate of drug-likeness (QED) is 0.840. The van der Waals surface area contributed by atoms with E-state index >= 15 is 0 Å². The molecule has 2 aromatic rings. The molecule has 2 rings (SSSR count). The van der Waals surface area contributed by atoms with E-state index in [0.717, 1.165) is 23.3 Å². The molecule has 5 heteroatoms. The van der Waals surface area contributed by atoms with E-state index in [1.54, 1.807) is 0 Å². The van der Waals surface area contributed by atoms with Crippen LogP contribution in [0.25, 0.3) is 0 Å². The third-order valence-corrected chi connectivity index (χ3v) is 3.46. The van der Waals surface area contributed by atoms with Gasteiger partial charge in [0.2, 0.25) is 5.13 Å². The minimum Gasteiger partial charge on any atom is -0.491 e. The number of nitrogens with zero attached hydrogens (tertiary/aromatic N) is 3. The molecule has 4 nitrogen and oxygen atoms in total. The second-order valence-electron chi connectivity index (χ2n) is 4.79. The fourth-order valence-corrected chi connectivity index (χ4v) is 2.40. The van der Waals surface area contributed by atoms with Crippen molar-refractivity contribution in [2.45, 2.75) is 33.4 Å². The smallest absolute Gasteiger partial charge is 0.205 e. The van der Waals surface area contributed by atoms with Crippen LogP contribution < -0.4 is 9.64 Å². The highest BCUT2D eigenvalue weighted by Crippen LogP contribution is 2.20. The molecule has 0 spiro atoms. The lowest BCUT2D eigenvalue weighted by atomic mass is 10.2. The summed E-state index contributed by atoms with van der Waals surface area (Å²) in [6.07, 6.45) is 0.193. The number of aryl methyl sites for hydroxylation is 1. The van der Waals surface area contributed by atoms with Crippen molar-refractivity contribution in [1.29, 1.82) is 0 Å². The van der Waals surface area contributed by atoms with Gasteiger partial charge in [0.25, 0.3) is 0 Å². The van der Waals surface area contributed by atoms with Crippen molar-refractivity contribution < 1.29 is 4.74 Å². The molecule has 0 N–H and O–H groups in total. The summed E-state index contributed by atoms with van der Waals surface area (Å²) in [5, 5.41) is 0.938. The highest BCUT2D eigenvalue weighted by Gasteiger charge is 2.08. The monoisotopic (exact) mass is 277 g/mol. The molecule has 0 aliphatic rings. The lowest BCUT2D eigenvalue weighted by Crippen LogP contribution is -2.16. The molecule has 1 aromatic carbocycles. The van der Waals surface area contributed by atoms with Crippen molar-refractivity contribution in [2.24, 2.45) is 0 Å². The Hall–Kier alpha value is -1.62. The molecule has 0 radical (unpaired) electrons. The van der Waals surface area contributed by atoms with E-state index < -0.39 is 0 Å². The summed E-state index contributed by atoms with van der Waals surface area (Å²) in [5.41, 5.74) is 1.20. The Labute approximate surface area is 118 Å². The maximum absolute atomic E-state index is 5.70. The van der Waals surface area contributed by atoms with Crippen LogP contribution in [0.4, 0.5) is 5.13 Å². The van der Waals surface area contributed by atoms with Gasteiger partial charge in [-0.2, -0.15) is 4.37 Å². The van der Waals surface area contributed by atoms with Gasteiger partial charge in [0, 0.05) is 25.1 Å². The number of hydrogen-bond donors (Lipinski definition) is 0. The largest absolute Gasteiger partial charge is 0.491 e. The van der Waals surface area contributed by atoms with Crippen molar-refractivity contribution in [3.63, 3.8) is 0 Å². The van der Waals surface area contributed by atoms with Crippen molar-refractivity contribution in [1.82, 2.24) is 9.36 Å². The standard InChI is InChI=1S/C14H19N3OS/c1-10(2)18-13-7-5-6-12(8-13)9-17(4)14-15-11(3)16-19-14/h5-8,10H,9H2,1-4H3. The van der Waals surface area contributed by atoms with Crippen LogP contribution in [-0.4, -0.2) is 22.5 Å². The maximum Gasteiger partial charge on any atom is 0.205 e. The van der Waals surface area contributed by atoms with Gasteiger partial charge in [-0.15, -0.1) is 0 Å². The first-order valence-corrected chi connectivity index (χ1v) is 7.09. The summed E-state index contributed by atoms with van der Waals surface area (Å²) in [7, 11) is 2.02. The first-order chi connectivity index (χ1) is 9.04. The zero-order valence-electron chi connectivity index (χ0n) is 11.8. The van der Waals surface area contributed by atoms with Crippen LogP contribution in [0.15, 0.2) is 24.3 Å². The second-order valence-corrected chi connectivity index (χ2v) is 5.52. The predicted molar refractivity (Wildman–Crippen MR) is 79.0 cm³/mol. The minimum absolute atomic E-state index is 0.193. The summed E-state index contributed by atoms with van der Waals surface area (Å²) >= 11 is 1.43. The van der Waals surface area contributed by atoms with Crippen molar-refractivity contribution in [3.05, 3.63) is 35.7 Å². The molecule has 0 saturated carbocycles. The molecule has 0 aliphatic heterocycles. The molecule has 0 aliphatic carbocycles.